The van der Waals surface area contributed by atoms with Crippen LogP contribution in [0.4, 0.5) is 0 Å². The van der Waals surface area contributed by atoms with Gasteiger partial charge in [-0.15, -0.1) is 11.3 Å². The number of allylic oxidation sites excluding steroid dienone is 1. The van der Waals surface area contributed by atoms with Crippen molar-refractivity contribution in [3.05, 3.63) is 70.4 Å². The maximum Gasteiger partial charge on any atom is 0.0673 e. The molecule has 2 aliphatic rings. The predicted octanol–water partition coefficient (Wildman–Crippen LogP) is 4.39. The maximum absolute atomic E-state index is 3.90. The Morgan fingerprint density at radius 3 is 2.75 bits per heavy atom. The second-order valence-corrected chi connectivity index (χ2v) is 6.85. The summed E-state index contributed by atoms with van der Waals surface area (Å²) in [6.07, 6.45) is 7.40. The van der Waals surface area contributed by atoms with Gasteiger partial charge in [0.15, 0.2) is 0 Å². The highest BCUT2D eigenvalue weighted by Gasteiger charge is 2.41. The molecule has 4 atom stereocenters. The van der Waals surface area contributed by atoms with Crippen molar-refractivity contribution in [1.82, 2.24) is 5.32 Å². The van der Waals surface area contributed by atoms with Gasteiger partial charge in [0, 0.05) is 10.9 Å². The van der Waals surface area contributed by atoms with E-state index in [1.54, 1.807) is 0 Å². The van der Waals surface area contributed by atoms with Gasteiger partial charge in [-0.3, -0.25) is 0 Å². The largest absolute Gasteiger partial charge is 0.302 e. The summed E-state index contributed by atoms with van der Waals surface area (Å²) in [5, 5.41) is 6.08. The third kappa shape index (κ3) is 2.13. The molecule has 1 aromatic heterocycles. The van der Waals surface area contributed by atoms with E-state index in [9.17, 15) is 0 Å². The van der Waals surface area contributed by atoms with Crippen molar-refractivity contribution < 1.29 is 0 Å². The van der Waals surface area contributed by atoms with Crippen LogP contribution in [-0.2, 0) is 0 Å². The highest BCUT2D eigenvalue weighted by molar-refractivity contribution is 7.10. The van der Waals surface area contributed by atoms with Crippen molar-refractivity contribution in [3.63, 3.8) is 0 Å². The van der Waals surface area contributed by atoms with Crippen molar-refractivity contribution in [3.8, 4) is 0 Å². The number of thiophene rings is 1. The zero-order valence-corrected chi connectivity index (χ0v) is 12.2. The van der Waals surface area contributed by atoms with E-state index in [1.807, 2.05) is 11.3 Å². The van der Waals surface area contributed by atoms with Crippen LogP contribution in [0.2, 0.25) is 0 Å². The van der Waals surface area contributed by atoms with E-state index in [1.165, 1.54) is 23.3 Å². The Kier molecular flexibility index (Phi) is 3.21. The second kappa shape index (κ2) is 5.19. The Morgan fingerprint density at radius 1 is 1.10 bits per heavy atom. The summed E-state index contributed by atoms with van der Waals surface area (Å²) >= 11 is 1.85. The molecule has 2 heteroatoms. The number of hydrogen-bond donors (Lipinski definition) is 1. The minimum absolute atomic E-state index is 0.344. The van der Waals surface area contributed by atoms with Crippen LogP contribution in [0.3, 0.4) is 0 Å². The first-order valence-corrected chi connectivity index (χ1v) is 8.31. The van der Waals surface area contributed by atoms with E-state index in [2.05, 4.69) is 65.3 Å². The lowest BCUT2D eigenvalue weighted by atomic mass is 9.71. The van der Waals surface area contributed by atoms with Crippen LogP contribution in [0.15, 0.2) is 60.0 Å². The molecule has 102 valence electrons. The molecular weight excluding hydrogens is 262 g/mol. The van der Waals surface area contributed by atoms with Gasteiger partial charge in [-0.05, 0) is 41.7 Å². The molecule has 1 fully saturated rings. The van der Waals surface area contributed by atoms with Gasteiger partial charge in [0.05, 0.1) is 6.04 Å². The minimum atomic E-state index is 0.344. The molecule has 0 spiro atoms. The van der Waals surface area contributed by atoms with Crippen LogP contribution >= 0.6 is 11.3 Å². The number of benzene rings is 1. The van der Waals surface area contributed by atoms with E-state index < -0.39 is 0 Å². The Hall–Kier alpha value is -1.38. The van der Waals surface area contributed by atoms with Crippen LogP contribution in [0.25, 0.3) is 0 Å². The summed E-state index contributed by atoms with van der Waals surface area (Å²) in [6, 6.07) is 16.2. The lowest BCUT2D eigenvalue weighted by Gasteiger charge is -2.42. The molecule has 1 saturated carbocycles. The van der Waals surface area contributed by atoms with Gasteiger partial charge in [0.25, 0.3) is 0 Å². The molecule has 0 saturated heterocycles. The molecule has 0 aliphatic heterocycles. The zero-order valence-electron chi connectivity index (χ0n) is 11.4. The first kappa shape index (κ1) is 12.4. The fourth-order valence-corrected chi connectivity index (χ4v) is 4.38. The molecule has 4 unspecified atom stereocenters. The molecule has 20 heavy (non-hydrogen) atoms. The standard InChI is InChI=1S/C18H19NS/c1-2-6-13(7-3-1)18(17-10-5-11-20-17)19-16-12-14-8-4-9-15(14)16/h1-7,9-11,14-16,18-19H,8,12H2. The summed E-state index contributed by atoms with van der Waals surface area (Å²) in [7, 11) is 0. The summed E-state index contributed by atoms with van der Waals surface area (Å²) in [6.45, 7) is 0. The smallest absolute Gasteiger partial charge is 0.0673 e. The summed E-state index contributed by atoms with van der Waals surface area (Å²) in [5.74, 6) is 1.67. The number of hydrogen-bond acceptors (Lipinski definition) is 2. The van der Waals surface area contributed by atoms with Crippen LogP contribution < -0.4 is 5.32 Å². The second-order valence-electron chi connectivity index (χ2n) is 5.87. The molecule has 4 rings (SSSR count). The van der Waals surface area contributed by atoms with Gasteiger partial charge in [0.2, 0.25) is 0 Å². The van der Waals surface area contributed by atoms with Crippen LogP contribution in [0, 0.1) is 11.8 Å². The minimum Gasteiger partial charge on any atom is -0.302 e. The third-order valence-electron chi connectivity index (χ3n) is 4.70. The van der Waals surface area contributed by atoms with E-state index in [4.69, 9.17) is 0 Å². The Morgan fingerprint density at radius 2 is 2.00 bits per heavy atom. The van der Waals surface area contributed by atoms with Crippen molar-refractivity contribution in [2.75, 3.05) is 0 Å². The average molecular weight is 281 g/mol. The summed E-state index contributed by atoms with van der Waals surface area (Å²) in [5.41, 5.74) is 1.38. The Labute approximate surface area is 124 Å². The normalized spacial score (nSPS) is 28.9. The van der Waals surface area contributed by atoms with E-state index in [0.717, 1.165) is 11.8 Å². The third-order valence-corrected chi connectivity index (χ3v) is 5.64. The van der Waals surface area contributed by atoms with Gasteiger partial charge in [-0.2, -0.15) is 0 Å². The molecule has 2 aromatic rings. The van der Waals surface area contributed by atoms with Crippen molar-refractivity contribution >= 4 is 11.3 Å². The van der Waals surface area contributed by atoms with Gasteiger partial charge >= 0.3 is 0 Å². The van der Waals surface area contributed by atoms with Crippen LogP contribution in [-0.4, -0.2) is 6.04 Å². The fraction of sp³-hybridized carbons (Fsp3) is 0.333. The SMILES string of the molecule is C1=CC2C(C1)CC2NC(c1ccccc1)c1cccs1. The van der Waals surface area contributed by atoms with Crippen LogP contribution in [0.1, 0.15) is 29.3 Å². The predicted molar refractivity (Wildman–Crippen MR) is 84.9 cm³/mol. The van der Waals surface area contributed by atoms with Crippen molar-refractivity contribution in [2.45, 2.75) is 24.9 Å². The molecule has 0 radical (unpaired) electrons. The van der Waals surface area contributed by atoms with Gasteiger partial charge in [0.1, 0.15) is 0 Å². The van der Waals surface area contributed by atoms with Gasteiger partial charge < -0.3 is 5.32 Å². The Balaban J connectivity index is 1.58. The Bertz CT molecular complexity index is 587. The molecule has 1 N–H and O–H groups in total. The molecule has 2 aliphatic carbocycles. The lowest BCUT2D eigenvalue weighted by molar-refractivity contribution is 0.156. The quantitative estimate of drug-likeness (QED) is 0.819. The number of rotatable bonds is 4. The number of fused-ring (bicyclic) bond motifs is 1. The fourth-order valence-electron chi connectivity index (χ4n) is 3.57. The summed E-state index contributed by atoms with van der Waals surface area (Å²) in [4.78, 5) is 1.42. The molecule has 0 amide bonds. The van der Waals surface area contributed by atoms with Crippen LogP contribution in [0.5, 0.6) is 0 Å². The van der Waals surface area contributed by atoms with E-state index in [0.29, 0.717) is 12.1 Å². The highest BCUT2D eigenvalue weighted by Crippen LogP contribution is 2.44. The lowest BCUT2D eigenvalue weighted by Crippen LogP contribution is -2.49. The van der Waals surface area contributed by atoms with E-state index >= 15 is 0 Å². The van der Waals surface area contributed by atoms with E-state index in [-0.39, 0.29) is 0 Å². The van der Waals surface area contributed by atoms with Crippen molar-refractivity contribution in [2.24, 2.45) is 11.8 Å². The molecule has 0 bridgehead atoms. The molecule has 1 nitrogen and oxygen atoms in total. The maximum atomic E-state index is 3.90. The molecular formula is C18H19NS. The molecule has 1 heterocycles. The first-order valence-electron chi connectivity index (χ1n) is 7.43. The van der Waals surface area contributed by atoms with Crippen molar-refractivity contribution in [1.29, 1.82) is 0 Å². The average Bonchev–Trinajstić information content (AvgIpc) is 3.11. The summed E-state index contributed by atoms with van der Waals surface area (Å²) < 4.78 is 0. The first-order chi connectivity index (χ1) is 9.92. The zero-order chi connectivity index (χ0) is 13.4. The molecule has 1 aromatic carbocycles. The highest BCUT2D eigenvalue weighted by atomic mass is 32.1. The topological polar surface area (TPSA) is 12.0 Å². The van der Waals surface area contributed by atoms with Gasteiger partial charge in [-0.1, -0.05) is 48.6 Å². The van der Waals surface area contributed by atoms with Gasteiger partial charge in [-0.25, -0.2) is 0 Å². The monoisotopic (exact) mass is 281 g/mol. The number of nitrogens with one attached hydrogen (secondary N) is 1.